The van der Waals surface area contributed by atoms with Crippen LogP contribution in [-0.2, 0) is 25.9 Å². The van der Waals surface area contributed by atoms with Gasteiger partial charge in [-0.2, -0.15) is 5.26 Å². The van der Waals surface area contributed by atoms with Gasteiger partial charge in [0.2, 0.25) is 5.91 Å². The number of sulfone groups is 1. The monoisotopic (exact) mass is 503 g/mol. The number of hydrogen-bond acceptors (Lipinski definition) is 8. The maximum Gasteiger partial charge on any atom is 0.248 e. The molecule has 1 heterocycles. The predicted molar refractivity (Wildman–Crippen MR) is 129 cm³/mol. The minimum atomic E-state index is -3.67. The zero-order chi connectivity index (χ0) is 24.6. The van der Waals surface area contributed by atoms with Crippen LogP contribution in [0, 0.1) is 11.3 Å². The zero-order valence-corrected chi connectivity index (χ0v) is 20.3. The molecule has 0 saturated heterocycles. The predicted octanol–water partition coefficient (Wildman–Crippen LogP) is 1.56. The molecule has 3 rings (SSSR count). The minimum absolute atomic E-state index is 0.00401. The van der Waals surface area contributed by atoms with Crippen LogP contribution in [0.5, 0.6) is 0 Å². The van der Waals surface area contributed by atoms with Crippen LogP contribution in [0.15, 0.2) is 52.4 Å². The third kappa shape index (κ3) is 7.01. The van der Waals surface area contributed by atoms with Gasteiger partial charge in [-0.25, -0.2) is 8.42 Å². The van der Waals surface area contributed by atoms with Gasteiger partial charge in [-0.3, -0.25) is 9.79 Å². The Balaban J connectivity index is 1.36. The average molecular weight is 504 g/mol. The number of benzene rings is 2. The molecule has 0 radical (unpaired) electrons. The molecule has 1 amide bonds. The van der Waals surface area contributed by atoms with Gasteiger partial charge in [-0.05, 0) is 23.8 Å². The van der Waals surface area contributed by atoms with Crippen LogP contribution in [-0.4, -0.2) is 70.8 Å². The van der Waals surface area contributed by atoms with Gasteiger partial charge in [0.15, 0.2) is 9.84 Å². The maximum absolute atomic E-state index is 12.4. The first kappa shape index (κ1) is 25.6. The van der Waals surface area contributed by atoms with Crippen molar-refractivity contribution in [3.63, 3.8) is 0 Å². The summed E-state index contributed by atoms with van der Waals surface area (Å²) >= 11 is 5.98. The molecule has 0 atom stereocenters. The van der Waals surface area contributed by atoms with Crippen LogP contribution in [0.1, 0.15) is 16.7 Å². The summed E-state index contributed by atoms with van der Waals surface area (Å²) in [5.74, 6) is 0.377. The van der Waals surface area contributed by atoms with Crippen molar-refractivity contribution in [1.82, 2.24) is 15.5 Å². The van der Waals surface area contributed by atoms with Crippen LogP contribution in [0.3, 0.4) is 0 Å². The van der Waals surface area contributed by atoms with E-state index in [2.05, 4.69) is 15.6 Å². The molecule has 0 fully saturated rings. The summed E-state index contributed by atoms with van der Waals surface area (Å²) in [5.41, 5.74) is 2.30. The molecule has 1 aliphatic rings. The maximum atomic E-state index is 12.4. The highest BCUT2D eigenvalue weighted by atomic mass is 35.5. The molecular formula is C23H26ClN5O4S. The molecule has 0 aromatic heterocycles. The lowest BCUT2D eigenvalue weighted by molar-refractivity contribution is -0.135. The smallest absolute Gasteiger partial charge is 0.248 e. The third-order valence-corrected chi connectivity index (χ3v) is 7.12. The second-order valence-electron chi connectivity index (χ2n) is 7.67. The average Bonchev–Trinajstić information content (AvgIpc) is 3.36. The highest BCUT2D eigenvalue weighted by Gasteiger charge is 2.18. The van der Waals surface area contributed by atoms with Crippen molar-refractivity contribution in [2.75, 3.05) is 45.8 Å². The molecule has 0 unspecified atom stereocenters. The van der Waals surface area contributed by atoms with Crippen LogP contribution in [0.25, 0.3) is 0 Å². The molecule has 2 aromatic carbocycles. The van der Waals surface area contributed by atoms with Gasteiger partial charge in [0, 0.05) is 32.2 Å². The number of carbonyl (C=O) groups is 1. The van der Waals surface area contributed by atoms with Gasteiger partial charge in [-0.1, -0.05) is 35.9 Å². The van der Waals surface area contributed by atoms with E-state index in [1.54, 1.807) is 11.9 Å². The Hall–Kier alpha value is -2.97. The Kier molecular flexibility index (Phi) is 9.01. The molecule has 1 aliphatic heterocycles. The van der Waals surface area contributed by atoms with Crippen LogP contribution in [0.2, 0.25) is 5.02 Å². The molecule has 34 heavy (non-hydrogen) atoms. The standard InChI is InChI=1S/C23H26ClN5O4S/c1-29(14-17-2-5-19(6-3-17)23-27-8-9-28-23)22(30)15-33-11-10-26-16-34(31,32)21-7-4-18(13-25)12-20(21)24/h2-7,12,26H,8-11,14-16H2,1H3,(H,27,28). The number of nitrogens with zero attached hydrogens (tertiary/aromatic N) is 3. The molecule has 0 saturated carbocycles. The van der Waals surface area contributed by atoms with E-state index in [0.717, 1.165) is 30.1 Å². The van der Waals surface area contributed by atoms with E-state index in [1.165, 1.54) is 18.2 Å². The molecule has 0 bridgehead atoms. The quantitative estimate of drug-likeness (QED) is 0.446. The van der Waals surface area contributed by atoms with E-state index in [1.807, 2.05) is 30.3 Å². The summed E-state index contributed by atoms with van der Waals surface area (Å²) in [6, 6.07) is 13.8. The highest BCUT2D eigenvalue weighted by molar-refractivity contribution is 7.91. The van der Waals surface area contributed by atoms with Crippen molar-refractivity contribution in [2.45, 2.75) is 11.4 Å². The largest absolute Gasteiger partial charge is 0.370 e. The van der Waals surface area contributed by atoms with E-state index in [9.17, 15) is 13.2 Å². The summed E-state index contributed by atoms with van der Waals surface area (Å²) < 4.78 is 30.2. The third-order valence-electron chi connectivity index (χ3n) is 5.08. The van der Waals surface area contributed by atoms with Gasteiger partial charge < -0.3 is 20.3 Å². The fraction of sp³-hybridized carbons (Fsp3) is 0.348. The fourth-order valence-electron chi connectivity index (χ4n) is 3.24. The highest BCUT2D eigenvalue weighted by Crippen LogP contribution is 2.23. The summed E-state index contributed by atoms with van der Waals surface area (Å²) in [6.45, 7) is 2.38. The normalized spacial score (nSPS) is 13.1. The number of amides is 1. The van der Waals surface area contributed by atoms with Crippen molar-refractivity contribution in [2.24, 2.45) is 4.99 Å². The second kappa shape index (κ2) is 11.9. The molecule has 2 N–H and O–H groups in total. The van der Waals surface area contributed by atoms with E-state index in [-0.39, 0.29) is 47.0 Å². The first-order valence-corrected chi connectivity index (χ1v) is 12.7. The lowest BCUT2D eigenvalue weighted by Crippen LogP contribution is -2.32. The Bertz CT molecular complexity index is 1190. The van der Waals surface area contributed by atoms with E-state index >= 15 is 0 Å². The molecule has 0 spiro atoms. The van der Waals surface area contributed by atoms with Crippen LogP contribution < -0.4 is 10.6 Å². The first-order valence-electron chi connectivity index (χ1n) is 10.6. The Morgan fingerprint density at radius 3 is 2.71 bits per heavy atom. The number of nitrogens with one attached hydrogen (secondary N) is 2. The topological polar surface area (TPSA) is 124 Å². The summed E-state index contributed by atoms with van der Waals surface area (Å²) in [5, 5.41) is 14.9. The Morgan fingerprint density at radius 1 is 1.29 bits per heavy atom. The van der Waals surface area contributed by atoms with Crippen molar-refractivity contribution in [1.29, 1.82) is 5.26 Å². The van der Waals surface area contributed by atoms with Gasteiger partial charge in [0.25, 0.3) is 0 Å². The molecule has 0 aliphatic carbocycles. The van der Waals surface area contributed by atoms with Crippen LogP contribution >= 0.6 is 11.6 Å². The summed E-state index contributed by atoms with van der Waals surface area (Å²) in [7, 11) is -1.97. The Morgan fingerprint density at radius 2 is 2.06 bits per heavy atom. The number of nitriles is 1. The number of aliphatic imine (C=N–C) groups is 1. The van der Waals surface area contributed by atoms with Crippen molar-refractivity contribution in [3.05, 3.63) is 64.2 Å². The number of ether oxygens (including phenoxy) is 1. The SMILES string of the molecule is CN(Cc1ccc(C2=NCCN2)cc1)C(=O)COCCNCS(=O)(=O)c1ccc(C#N)cc1Cl. The van der Waals surface area contributed by atoms with Gasteiger partial charge in [-0.15, -0.1) is 0 Å². The number of halogens is 1. The van der Waals surface area contributed by atoms with Crippen molar-refractivity contribution in [3.8, 4) is 6.07 Å². The lowest BCUT2D eigenvalue weighted by Gasteiger charge is -2.17. The number of rotatable bonds is 11. The van der Waals surface area contributed by atoms with E-state index < -0.39 is 9.84 Å². The zero-order valence-electron chi connectivity index (χ0n) is 18.8. The van der Waals surface area contributed by atoms with Crippen LogP contribution in [0.4, 0.5) is 0 Å². The molecule has 180 valence electrons. The van der Waals surface area contributed by atoms with Gasteiger partial charge in [0.05, 0.1) is 34.7 Å². The van der Waals surface area contributed by atoms with Crippen molar-refractivity contribution >= 4 is 33.2 Å². The number of carbonyl (C=O) groups excluding carboxylic acids is 1. The lowest BCUT2D eigenvalue weighted by atomic mass is 10.1. The molecule has 11 heteroatoms. The number of amidine groups is 1. The summed E-state index contributed by atoms with van der Waals surface area (Å²) in [6.07, 6.45) is 0. The summed E-state index contributed by atoms with van der Waals surface area (Å²) in [4.78, 5) is 18.2. The Labute approximate surface area is 204 Å². The second-order valence-corrected chi connectivity index (χ2v) is 10.0. The van der Waals surface area contributed by atoms with Gasteiger partial charge >= 0.3 is 0 Å². The van der Waals surface area contributed by atoms with Gasteiger partial charge in [0.1, 0.15) is 18.3 Å². The molecular weight excluding hydrogens is 478 g/mol. The van der Waals surface area contributed by atoms with E-state index in [4.69, 9.17) is 21.6 Å². The molecule has 2 aromatic rings. The van der Waals surface area contributed by atoms with Crippen molar-refractivity contribution < 1.29 is 17.9 Å². The molecule has 9 nitrogen and oxygen atoms in total. The number of hydrogen-bond donors (Lipinski definition) is 2. The van der Waals surface area contributed by atoms with E-state index in [0.29, 0.717) is 6.54 Å². The minimum Gasteiger partial charge on any atom is -0.370 e. The first-order chi connectivity index (χ1) is 16.3. The number of likely N-dealkylation sites (N-methyl/N-ethyl adjacent to an activating group) is 1. The fourth-order valence-corrected chi connectivity index (χ4v) is 4.98.